The van der Waals surface area contributed by atoms with Crippen LogP contribution in [0.25, 0.3) is 0 Å². The monoisotopic (exact) mass is 401 g/mol. The van der Waals surface area contributed by atoms with E-state index < -0.39 is 9.84 Å². The minimum atomic E-state index is -3.08. The number of carbonyl (C=O) groups excluding carboxylic acids is 1. The molecule has 1 aliphatic rings. The van der Waals surface area contributed by atoms with Gasteiger partial charge in [-0.25, -0.2) is 8.42 Å². The number of hydrogen-bond donors (Lipinski definition) is 0. The van der Waals surface area contributed by atoms with Crippen molar-refractivity contribution in [3.05, 3.63) is 65.2 Å². The Morgan fingerprint density at radius 2 is 1.71 bits per heavy atom. The third kappa shape index (κ3) is 5.35. The Hall–Kier alpha value is -2.34. The summed E-state index contributed by atoms with van der Waals surface area (Å²) in [6, 6.07) is 15.3. The van der Waals surface area contributed by atoms with Crippen LogP contribution in [0.3, 0.4) is 0 Å². The molecule has 28 heavy (non-hydrogen) atoms. The van der Waals surface area contributed by atoms with Crippen LogP contribution in [-0.4, -0.2) is 43.4 Å². The standard InChI is InChI=1S/C22H27NO4S/c1-3-18-6-8-19(9-7-18)14-23(20-12-13-28(25,26)16-20)22(24)15-27-21-10-4-17(2)5-11-21/h4-11,20H,3,12-16H2,1-2H3/t20-/m0/s1. The van der Waals surface area contributed by atoms with Gasteiger partial charge in [-0.1, -0.05) is 48.9 Å². The largest absolute Gasteiger partial charge is 0.484 e. The number of amides is 1. The number of rotatable bonds is 7. The van der Waals surface area contributed by atoms with Crippen LogP contribution in [-0.2, 0) is 27.6 Å². The molecule has 0 spiro atoms. The molecule has 1 atom stereocenters. The Morgan fingerprint density at radius 3 is 2.29 bits per heavy atom. The second-order valence-electron chi connectivity index (χ2n) is 7.35. The molecule has 3 rings (SSSR count). The summed E-state index contributed by atoms with van der Waals surface area (Å²) in [6.07, 6.45) is 1.43. The van der Waals surface area contributed by atoms with E-state index >= 15 is 0 Å². The van der Waals surface area contributed by atoms with Crippen LogP contribution in [0.1, 0.15) is 30.0 Å². The van der Waals surface area contributed by atoms with Crippen molar-refractivity contribution in [2.45, 2.75) is 39.3 Å². The summed E-state index contributed by atoms with van der Waals surface area (Å²) in [7, 11) is -3.08. The first-order valence-corrected chi connectivity index (χ1v) is 11.5. The number of benzene rings is 2. The van der Waals surface area contributed by atoms with Crippen LogP contribution in [0.5, 0.6) is 5.75 Å². The molecule has 2 aromatic rings. The van der Waals surface area contributed by atoms with Crippen LogP contribution < -0.4 is 4.74 Å². The molecule has 0 aliphatic carbocycles. The molecule has 0 saturated carbocycles. The molecular weight excluding hydrogens is 374 g/mol. The highest BCUT2D eigenvalue weighted by Crippen LogP contribution is 2.21. The van der Waals surface area contributed by atoms with Crippen molar-refractivity contribution in [3.63, 3.8) is 0 Å². The maximum absolute atomic E-state index is 12.9. The minimum Gasteiger partial charge on any atom is -0.484 e. The number of nitrogens with zero attached hydrogens (tertiary/aromatic N) is 1. The molecule has 1 fully saturated rings. The van der Waals surface area contributed by atoms with Gasteiger partial charge in [-0.3, -0.25) is 4.79 Å². The first-order valence-electron chi connectivity index (χ1n) is 9.63. The lowest BCUT2D eigenvalue weighted by Crippen LogP contribution is -2.43. The Labute approximate surface area is 167 Å². The molecule has 0 unspecified atom stereocenters. The van der Waals surface area contributed by atoms with E-state index in [4.69, 9.17) is 4.74 Å². The van der Waals surface area contributed by atoms with E-state index in [0.717, 1.165) is 17.5 Å². The first kappa shape index (κ1) is 20.4. The van der Waals surface area contributed by atoms with Crippen molar-refractivity contribution in [2.24, 2.45) is 0 Å². The van der Waals surface area contributed by atoms with Crippen LogP contribution >= 0.6 is 0 Å². The Kier molecular flexibility index (Phi) is 6.39. The van der Waals surface area contributed by atoms with Gasteiger partial charge in [0, 0.05) is 12.6 Å². The maximum Gasteiger partial charge on any atom is 0.261 e. The number of sulfone groups is 1. The van der Waals surface area contributed by atoms with E-state index in [-0.39, 0.29) is 30.1 Å². The predicted molar refractivity (Wildman–Crippen MR) is 110 cm³/mol. The fourth-order valence-corrected chi connectivity index (χ4v) is 5.11. The quantitative estimate of drug-likeness (QED) is 0.715. The fraction of sp³-hybridized carbons (Fsp3) is 0.409. The van der Waals surface area contributed by atoms with E-state index in [2.05, 4.69) is 6.92 Å². The van der Waals surface area contributed by atoms with Crippen molar-refractivity contribution in [1.29, 1.82) is 0 Å². The zero-order chi connectivity index (χ0) is 20.1. The number of carbonyl (C=O) groups is 1. The smallest absolute Gasteiger partial charge is 0.261 e. The number of aryl methyl sites for hydroxylation is 2. The van der Waals surface area contributed by atoms with E-state index in [9.17, 15) is 13.2 Å². The van der Waals surface area contributed by atoms with E-state index in [0.29, 0.717) is 18.7 Å². The van der Waals surface area contributed by atoms with Gasteiger partial charge in [0.05, 0.1) is 11.5 Å². The molecule has 1 aliphatic heterocycles. The molecule has 1 heterocycles. The van der Waals surface area contributed by atoms with Crippen molar-refractivity contribution >= 4 is 15.7 Å². The average molecular weight is 402 g/mol. The molecule has 5 nitrogen and oxygen atoms in total. The van der Waals surface area contributed by atoms with Crippen LogP contribution in [0.2, 0.25) is 0 Å². The van der Waals surface area contributed by atoms with Gasteiger partial charge < -0.3 is 9.64 Å². The van der Waals surface area contributed by atoms with Crippen molar-refractivity contribution in [3.8, 4) is 5.75 Å². The number of hydrogen-bond acceptors (Lipinski definition) is 4. The molecule has 0 bridgehead atoms. The van der Waals surface area contributed by atoms with Gasteiger partial charge in [0.1, 0.15) is 5.75 Å². The molecule has 1 saturated heterocycles. The summed E-state index contributed by atoms with van der Waals surface area (Å²) in [5.74, 6) is 0.596. The predicted octanol–water partition coefficient (Wildman–Crippen LogP) is 3.15. The third-order valence-electron chi connectivity index (χ3n) is 5.14. The minimum absolute atomic E-state index is 0.0241. The highest BCUT2D eigenvalue weighted by molar-refractivity contribution is 7.91. The van der Waals surface area contributed by atoms with Crippen molar-refractivity contribution in [2.75, 3.05) is 18.1 Å². The molecule has 150 valence electrons. The van der Waals surface area contributed by atoms with Crippen LogP contribution in [0.4, 0.5) is 0 Å². The molecule has 0 radical (unpaired) electrons. The zero-order valence-electron chi connectivity index (χ0n) is 16.4. The van der Waals surface area contributed by atoms with Gasteiger partial charge in [0.2, 0.25) is 0 Å². The highest BCUT2D eigenvalue weighted by Gasteiger charge is 2.34. The highest BCUT2D eigenvalue weighted by atomic mass is 32.2. The van der Waals surface area contributed by atoms with Gasteiger partial charge in [0.15, 0.2) is 16.4 Å². The zero-order valence-corrected chi connectivity index (χ0v) is 17.2. The normalized spacial score (nSPS) is 18.0. The van der Waals surface area contributed by atoms with Gasteiger partial charge in [-0.05, 0) is 43.0 Å². The fourth-order valence-electron chi connectivity index (χ4n) is 3.38. The topological polar surface area (TPSA) is 63.7 Å². The number of ether oxygens (including phenoxy) is 1. The molecule has 0 aromatic heterocycles. The molecule has 6 heteroatoms. The summed E-state index contributed by atoms with van der Waals surface area (Å²) < 4.78 is 29.5. The van der Waals surface area contributed by atoms with E-state index in [1.807, 2.05) is 55.5 Å². The Morgan fingerprint density at radius 1 is 1.07 bits per heavy atom. The van der Waals surface area contributed by atoms with Gasteiger partial charge in [-0.15, -0.1) is 0 Å². The van der Waals surface area contributed by atoms with Gasteiger partial charge in [-0.2, -0.15) is 0 Å². The average Bonchev–Trinajstić information content (AvgIpc) is 3.05. The summed E-state index contributed by atoms with van der Waals surface area (Å²) in [6.45, 7) is 4.37. The van der Waals surface area contributed by atoms with E-state index in [1.54, 1.807) is 4.90 Å². The lowest BCUT2D eigenvalue weighted by atomic mass is 10.1. The second-order valence-corrected chi connectivity index (χ2v) is 9.58. The lowest BCUT2D eigenvalue weighted by Gasteiger charge is -2.28. The summed E-state index contributed by atoms with van der Waals surface area (Å²) in [5.41, 5.74) is 3.34. The van der Waals surface area contributed by atoms with Crippen molar-refractivity contribution < 1.29 is 17.9 Å². The van der Waals surface area contributed by atoms with E-state index in [1.165, 1.54) is 5.56 Å². The van der Waals surface area contributed by atoms with Gasteiger partial charge in [0.25, 0.3) is 5.91 Å². The van der Waals surface area contributed by atoms with Crippen molar-refractivity contribution in [1.82, 2.24) is 4.90 Å². The summed E-state index contributed by atoms with van der Waals surface area (Å²) in [5, 5.41) is 0. The third-order valence-corrected chi connectivity index (χ3v) is 6.89. The van der Waals surface area contributed by atoms with Crippen LogP contribution in [0.15, 0.2) is 48.5 Å². The first-order chi connectivity index (χ1) is 13.4. The van der Waals surface area contributed by atoms with Crippen LogP contribution in [0, 0.1) is 6.92 Å². The molecule has 1 amide bonds. The summed E-state index contributed by atoms with van der Waals surface area (Å²) in [4.78, 5) is 14.6. The Bertz CT molecular complexity index is 905. The second kappa shape index (κ2) is 8.78. The molecule has 2 aromatic carbocycles. The summed E-state index contributed by atoms with van der Waals surface area (Å²) >= 11 is 0. The molecular formula is C22H27NO4S. The Balaban J connectivity index is 1.72. The van der Waals surface area contributed by atoms with Gasteiger partial charge >= 0.3 is 0 Å². The maximum atomic E-state index is 12.9. The molecule has 0 N–H and O–H groups in total. The SMILES string of the molecule is CCc1ccc(CN(C(=O)COc2ccc(C)cc2)[C@H]2CCS(=O)(=O)C2)cc1. The lowest BCUT2D eigenvalue weighted by molar-refractivity contribution is -0.136.